The molecule has 2 rings (SSSR count). The largest absolute Gasteiger partial charge is 0.467 e. The molecule has 0 radical (unpaired) electrons. The van der Waals surface area contributed by atoms with Gasteiger partial charge < -0.3 is 9.64 Å². The van der Waals surface area contributed by atoms with E-state index in [0.717, 1.165) is 24.1 Å². The molecule has 0 aromatic heterocycles. The first kappa shape index (κ1) is 13.3. The van der Waals surface area contributed by atoms with E-state index in [-0.39, 0.29) is 17.7 Å². The molecule has 1 heterocycles. The molecule has 0 bridgehead atoms. The second kappa shape index (κ2) is 5.26. The first-order chi connectivity index (χ1) is 9.04. The van der Waals surface area contributed by atoms with Gasteiger partial charge in [-0.1, -0.05) is 6.07 Å². The number of carbonyl (C=O) groups excluding carboxylic acids is 1. The van der Waals surface area contributed by atoms with E-state index in [0.29, 0.717) is 6.54 Å². The summed E-state index contributed by atoms with van der Waals surface area (Å²) in [6.07, 6.45) is 1.59. The Bertz CT molecular complexity index is 515. The number of non-ortho nitro benzene ring substituents is 1. The number of esters is 1. The van der Waals surface area contributed by atoms with Crippen LogP contribution in [0.3, 0.4) is 0 Å². The molecule has 0 spiro atoms. The van der Waals surface area contributed by atoms with E-state index in [1.165, 1.54) is 19.2 Å². The van der Waals surface area contributed by atoms with Crippen LogP contribution in [0.15, 0.2) is 18.2 Å². The molecular formula is C13H16N2O4. The maximum absolute atomic E-state index is 11.7. The molecule has 0 N–H and O–H groups in total. The van der Waals surface area contributed by atoms with Gasteiger partial charge in [-0.05, 0) is 25.3 Å². The predicted molar refractivity (Wildman–Crippen MR) is 70.2 cm³/mol. The molecule has 1 unspecified atom stereocenters. The Hall–Kier alpha value is -2.11. The third-order valence-electron chi connectivity index (χ3n) is 3.44. The van der Waals surface area contributed by atoms with E-state index in [2.05, 4.69) is 0 Å². The Morgan fingerprint density at radius 2 is 2.26 bits per heavy atom. The molecule has 1 aliphatic heterocycles. The number of carbonyl (C=O) groups is 1. The molecule has 19 heavy (non-hydrogen) atoms. The number of rotatable bonds is 3. The average Bonchev–Trinajstić information content (AvgIpc) is 2.87. The van der Waals surface area contributed by atoms with E-state index in [4.69, 9.17) is 4.74 Å². The molecule has 1 aromatic rings. The summed E-state index contributed by atoms with van der Waals surface area (Å²) in [5.41, 5.74) is 1.69. The summed E-state index contributed by atoms with van der Waals surface area (Å²) < 4.78 is 4.79. The fourth-order valence-corrected chi connectivity index (χ4v) is 2.46. The van der Waals surface area contributed by atoms with Crippen LogP contribution in [0.25, 0.3) is 0 Å². The molecule has 0 saturated carbocycles. The lowest BCUT2D eigenvalue weighted by molar-refractivity contribution is -0.384. The quantitative estimate of drug-likeness (QED) is 0.474. The van der Waals surface area contributed by atoms with Gasteiger partial charge in [0.15, 0.2) is 0 Å². The van der Waals surface area contributed by atoms with Crippen LogP contribution >= 0.6 is 0 Å². The third kappa shape index (κ3) is 2.52. The number of hydrogen-bond donors (Lipinski definition) is 0. The minimum absolute atomic E-state index is 0.0381. The SMILES string of the molecule is COC(=O)C1CCCN1c1cc([N+](=O)[O-])ccc1C. The number of nitro groups is 1. The third-order valence-corrected chi connectivity index (χ3v) is 3.44. The second-order valence-electron chi connectivity index (χ2n) is 4.60. The second-order valence-corrected chi connectivity index (χ2v) is 4.60. The van der Waals surface area contributed by atoms with E-state index < -0.39 is 4.92 Å². The van der Waals surface area contributed by atoms with Crippen molar-refractivity contribution in [3.63, 3.8) is 0 Å². The van der Waals surface area contributed by atoms with Gasteiger partial charge in [-0.2, -0.15) is 0 Å². The number of aryl methyl sites for hydroxylation is 1. The zero-order chi connectivity index (χ0) is 14.0. The van der Waals surface area contributed by atoms with Gasteiger partial charge in [-0.3, -0.25) is 10.1 Å². The number of anilines is 1. The Balaban J connectivity index is 2.37. The van der Waals surface area contributed by atoms with Crippen LogP contribution < -0.4 is 4.90 Å². The number of nitrogens with zero attached hydrogens (tertiary/aromatic N) is 2. The van der Waals surface area contributed by atoms with E-state index in [1.807, 2.05) is 11.8 Å². The number of methoxy groups -OCH3 is 1. The van der Waals surface area contributed by atoms with Gasteiger partial charge in [0.05, 0.1) is 12.0 Å². The Labute approximate surface area is 111 Å². The van der Waals surface area contributed by atoms with Gasteiger partial charge in [-0.15, -0.1) is 0 Å². The zero-order valence-electron chi connectivity index (χ0n) is 11.0. The van der Waals surface area contributed by atoms with Crippen molar-refractivity contribution in [3.05, 3.63) is 33.9 Å². The van der Waals surface area contributed by atoms with Crippen LogP contribution in [0.1, 0.15) is 18.4 Å². The van der Waals surface area contributed by atoms with Crippen molar-refractivity contribution in [1.82, 2.24) is 0 Å². The molecular weight excluding hydrogens is 248 g/mol. The summed E-state index contributed by atoms with van der Waals surface area (Å²) in [7, 11) is 1.36. The minimum Gasteiger partial charge on any atom is -0.467 e. The lowest BCUT2D eigenvalue weighted by Crippen LogP contribution is -2.37. The maximum Gasteiger partial charge on any atom is 0.328 e. The van der Waals surface area contributed by atoms with Gasteiger partial charge in [0.2, 0.25) is 0 Å². The number of ether oxygens (including phenoxy) is 1. The minimum atomic E-state index is -0.424. The Morgan fingerprint density at radius 3 is 2.89 bits per heavy atom. The van der Waals surface area contributed by atoms with Crippen LogP contribution in [0.2, 0.25) is 0 Å². The highest BCUT2D eigenvalue weighted by molar-refractivity contribution is 5.81. The fraction of sp³-hybridized carbons (Fsp3) is 0.462. The maximum atomic E-state index is 11.7. The summed E-state index contributed by atoms with van der Waals surface area (Å²) >= 11 is 0. The fourth-order valence-electron chi connectivity index (χ4n) is 2.46. The van der Waals surface area contributed by atoms with Crippen molar-refractivity contribution < 1.29 is 14.5 Å². The van der Waals surface area contributed by atoms with Gasteiger partial charge >= 0.3 is 5.97 Å². The summed E-state index contributed by atoms with van der Waals surface area (Å²) in [6.45, 7) is 2.59. The number of hydrogen-bond acceptors (Lipinski definition) is 5. The van der Waals surface area contributed by atoms with Crippen molar-refractivity contribution >= 4 is 17.3 Å². The molecule has 0 aliphatic carbocycles. The monoisotopic (exact) mass is 264 g/mol. The van der Waals surface area contributed by atoms with Gasteiger partial charge in [0, 0.05) is 24.4 Å². The Kier molecular flexibility index (Phi) is 3.69. The Morgan fingerprint density at radius 1 is 1.53 bits per heavy atom. The van der Waals surface area contributed by atoms with Gasteiger partial charge in [0.1, 0.15) is 6.04 Å². The molecule has 6 heteroatoms. The zero-order valence-corrected chi connectivity index (χ0v) is 11.0. The molecule has 0 amide bonds. The van der Waals surface area contributed by atoms with Gasteiger partial charge in [-0.25, -0.2) is 4.79 Å². The van der Waals surface area contributed by atoms with Crippen LogP contribution in [-0.2, 0) is 9.53 Å². The van der Waals surface area contributed by atoms with Crippen molar-refractivity contribution in [1.29, 1.82) is 0 Å². The van der Waals surface area contributed by atoms with Crippen LogP contribution in [0.5, 0.6) is 0 Å². The molecule has 6 nitrogen and oxygen atoms in total. The number of nitro benzene ring substituents is 1. The summed E-state index contributed by atoms with van der Waals surface area (Å²) in [5.74, 6) is -0.289. The van der Waals surface area contributed by atoms with Crippen molar-refractivity contribution in [3.8, 4) is 0 Å². The molecule has 1 fully saturated rings. The first-order valence-corrected chi connectivity index (χ1v) is 6.14. The van der Waals surface area contributed by atoms with Crippen LogP contribution in [-0.4, -0.2) is 30.6 Å². The van der Waals surface area contributed by atoms with Gasteiger partial charge in [0.25, 0.3) is 5.69 Å². The highest BCUT2D eigenvalue weighted by atomic mass is 16.6. The highest BCUT2D eigenvalue weighted by Crippen LogP contribution is 2.31. The summed E-state index contributed by atoms with van der Waals surface area (Å²) in [6, 6.07) is 4.37. The lowest BCUT2D eigenvalue weighted by Gasteiger charge is -2.26. The molecule has 102 valence electrons. The highest BCUT2D eigenvalue weighted by Gasteiger charge is 2.32. The first-order valence-electron chi connectivity index (χ1n) is 6.14. The summed E-state index contributed by atoms with van der Waals surface area (Å²) in [4.78, 5) is 24.0. The van der Waals surface area contributed by atoms with E-state index in [9.17, 15) is 14.9 Å². The number of benzene rings is 1. The molecule has 1 aromatic carbocycles. The topological polar surface area (TPSA) is 72.7 Å². The smallest absolute Gasteiger partial charge is 0.328 e. The van der Waals surface area contributed by atoms with Crippen LogP contribution in [0.4, 0.5) is 11.4 Å². The van der Waals surface area contributed by atoms with Crippen LogP contribution in [0, 0.1) is 17.0 Å². The molecule has 1 saturated heterocycles. The predicted octanol–water partition coefficient (Wildman–Crippen LogP) is 2.05. The molecule has 1 aliphatic rings. The molecule has 1 atom stereocenters. The van der Waals surface area contributed by atoms with Crippen molar-refractivity contribution in [2.75, 3.05) is 18.6 Å². The summed E-state index contributed by atoms with van der Waals surface area (Å²) in [5, 5.41) is 10.8. The standard InChI is InChI=1S/C13H16N2O4/c1-9-5-6-10(15(17)18)8-12(9)14-7-3-4-11(14)13(16)19-2/h5-6,8,11H,3-4,7H2,1-2H3. The average molecular weight is 264 g/mol. The van der Waals surface area contributed by atoms with E-state index in [1.54, 1.807) is 6.07 Å². The lowest BCUT2D eigenvalue weighted by atomic mass is 10.1. The van der Waals surface area contributed by atoms with E-state index >= 15 is 0 Å². The van der Waals surface area contributed by atoms with Crippen molar-refractivity contribution in [2.45, 2.75) is 25.8 Å². The van der Waals surface area contributed by atoms with Crippen molar-refractivity contribution in [2.24, 2.45) is 0 Å². The normalized spacial score (nSPS) is 18.4.